The highest BCUT2D eigenvalue weighted by molar-refractivity contribution is 8.18. The number of carbonyl (C=O) groups is 1. The van der Waals surface area contributed by atoms with E-state index in [1.807, 2.05) is 37.3 Å². The molecule has 134 valence electrons. The standard InChI is InChI=1S/C20H26N2O2S/c1-6-9-10-16(7-2)12-11-14(4)17-13-18(20(23)24-8-3)25-19(17)22-15(5)21/h6-7,9-14,17H,2,5,8,21H2,1,3-4H3/b9-6-,12-11+,16-10+,22-19+. The van der Waals surface area contributed by atoms with Gasteiger partial charge in [0.2, 0.25) is 0 Å². The molecule has 0 bridgehead atoms. The van der Waals surface area contributed by atoms with E-state index < -0.39 is 0 Å². The van der Waals surface area contributed by atoms with Crippen molar-refractivity contribution in [2.75, 3.05) is 6.61 Å². The van der Waals surface area contributed by atoms with Crippen LogP contribution in [-0.4, -0.2) is 17.6 Å². The van der Waals surface area contributed by atoms with Gasteiger partial charge in [-0.25, -0.2) is 9.79 Å². The van der Waals surface area contributed by atoms with Gasteiger partial charge in [-0.05, 0) is 25.3 Å². The maximum absolute atomic E-state index is 12.0. The molecule has 0 spiro atoms. The maximum Gasteiger partial charge on any atom is 0.344 e. The van der Waals surface area contributed by atoms with Crippen molar-refractivity contribution in [2.24, 2.45) is 22.6 Å². The fraction of sp³-hybridized carbons (Fsp3) is 0.300. The van der Waals surface area contributed by atoms with E-state index in [2.05, 4.69) is 31.2 Å². The van der Waals surface area contributed by atoms with E-state index in [0.717, 1.165) is 10.6 Å². The molecular formula is C20H26N2O2S. The molecule has 4 nitrogen and oxygen atoms in total. The van der Waals surface area contributed by atoms with Crippen LogP contribution in [0.15, 0.2) is 77.0 Å². The van der Waals surface area contributed by atoms with Crippen LogP contribution < -0.4 is 5.73 Å². The van der Waals surface area contributed by atoms with Gasteiger partial charge >= 0.3 is 5.97 Å². The molecule has 0 saturated heterocycles. The Morgan fingerprint density at radius 3 is 2.84 bits per heavy atom. The molecule has 0 aromatic carbocycles. The third kappa shape index (κ3) is 6.63. The summed E-state index contributed by atoms with van der Waals surface area (Å²) in [7, 11) is 0. The Balaban J connectivity index is 3.04. The van der Waals surface area contributed by atoms with E-state index in [1.54, 1.807) is 13.0 Å². The SMILES string of the molecule is C=CC(/C=C/C(C)C1C=C(C(=O)OCC)S/C1=N/C(=C)N)=C\C=C/C. The number of allylic oxidation sites excluding steroid dienone is 8. The Bertz CT molecular complexity index is 669. The molecule has 0 radical (unpaired) electrons. The Kier molecular flexibility index (Phi) is 8.78. The van der Waals surface area contributed by atoms with Crippen LogP contribution in [0.25, 0.3) is 0 Å². The maximum atomic E-state index is 12.0. The molecule has 0 aromatic heterocycles. The molecule has 0 saturated carbocycles. The molecule has 2 N–H and O–H groups in total. The van der Waals surface area contributed by atoms with Crippen LogP contribution in [0.5, 0.6) is 0 Å². The van der Waals surface area contributed by atoms with Gasteiger partial charge in [0.1, 0.15) is 5.82 Å². The van der Waals surface area contributed by atoms with Crippen molar-refractivity contribution in [3.05, 3.63) is 72.0 Å². The van der Waals surface area contributed by atoms with Crippen molar-refractivity contribution in [1.82, 2.24) is 0 Å². The number of rotatable bonds is 8. The molecule has 5 heteroatoms. The van der Waals surface area contributed by atoms with E-state index in [0.29, 0.717) is 11.5 Å². The quantitative estimate of drug-likeness (QED) is 0.512. The molecule has 1 rings (SSSR count). The van der Waals surface area contributed by atoms with E-state index in [9.17, 15) is 4.79 Å². The van der Waals surface area contributed by atoms with Crippen LogP contribution >= 0.6 is 11.8 Å². The zero-order valence-electron chi connectivity index (χ0n) is 15.1. The van der Waals surface area contributed by atoms with Gasteiger partial charge in [0.15, 0.2) is 0 Å². The summed E-state index contributed by atoms with van der Waals surface area (Å²) >= 11 is 1.29. The van der Waals surface area contributed by atoms with Crippen LogP contribution in [0.4, 0.5) is 0 Å². The van der Waals surface area contributed by atoms with Crippen molar-refractivity contribution < 1.29 is 9.53 Å². The normalized spacial score (nSPS) is 20.9. The minimum absolute atomic E-state index is 0.0475. The topological polar surface area (TPSA) is 64.7 Å². The van der Waals surface area contributed by atoms with Gasteiger partial charge in [-0.1, -0.05) is 74.4 Å². The molecule has 0 fully saturated rings. The minimum Gasteiger partial charge on any atom is -0.462 e. The number of hydrogen-bond donors (Lipinski definition) is 1. The zero-order valence-corrected chi connectivity index (χ0v) is 15.9. The molecular weight excluding hydrogens is 332 g/mol. The van der Waals surface area contributed by atoms with E-state index in [4.69, 9.17) is 10.5 Å². The van der Waals surface area contributed by atoms with Gasteiger partial charge in [0.05, 0.1) is 16.6 Å². The summed E-state index contributed by atoms with van der Waals surface area (Å²) < 4.78 is 5.08. The predicted octanol–water partition coefficient (Wildman–Crippen LogP) is 4.51. The van der Waals surface area contributed by atoms with Crippen LogP contribution in [0.3, 0.4) is 0 Å². The van der Waals surface area contributed by atoms with Crippen molar-refractivity contribution in [3.8, 4) is 0 Å². The highest BCUT2D eigenvalue weighted by Crippen LogP contribution is 2.37. The first-order chi connectivity index (χ1) is 11.9. The molecule has 0 aromatic rings. The minimum atomic E-state index is -0.332. The number of hydrogen-bond acceptors (Lipinski definition) is 5. The number of esters is 1. The average Bonchev–Trinajstić information content (AvgIpc) is 2.98. The first-order valence-electron chi connectivity index (χ1n) is 8.16. The van der Waals surface area contributed by atoms with Gasteiger partial charge in [0, 0.05) is 5.92 Å². The summed E-state index contributed by atoms with van der Waals surface area (Å²) in [5.41, 5.74) is 6.64. The van der Waals surface area contributed by atoms with Crippen LogP contribution in [0.1, 0.15) is 20.8 Å². The number of aliphatic imine (C=N–C) groups is 1. The first kappa shape index (κ1) is 20.8. The van der Waals surface area contributed by atoms with Crippen LogP contribution in [-0.2, 0) is 9.53 Å². The lowest BCUT2D eigenvalue weighted by Gasteiger charge is -2.14. The van der Waals surface area contributed by atoms with Crippen molar-refractivity contribution in [3.63, 3.8) is 0 Å². The molecule has 1 heterocycles. The summed E-state index contributed by atoms with van der Waals surface area (Å²) in [6.45, 7) is 13.6. The number of ether oxygens (including phenoxy) is 1. The van der Waals surface area contributed by atoms with E-state index in [1.165, 1.54) is 11.8 Å². The Hall–Kier alpha value is -2.27. The molecule has 2 unspecified atom stereocenters. The third-order valence-electron chi connectivity index (χ3n) is 3.44. The molecule has 1 aliphatic rings. The molecule has 25 heavy (non-hydrogen) atoms. The predicted molar refractivity (Wildman–Crippen MR) is 108 cm³/mol. The lowest BCUT2D eigenvalue weighted by Crippen LogP contribution is -2.14. The smallest absolute Gasteiger partial charge is 0.344 e. The Labute approximate surface area is 154 Å². The van der Waals surface area contributed by atoms with Crippen LogP contribution in [0.2, 0.25) is 0 Å². The Morgan fingerprint density at radius 2 is 2.28 bits per heavy atom. The van der Waals surface area contributed by atoms with Crippen LogP contribution in [0, 0.1) is 11.8 Å². The van der Waals surface area contributed by atoms with E-state index in [-0.39, 0.29) is 23.6 Å². The monoisotopic (exact) mass is 358 g/mol. The summed E-state index contributed by atoms with van der Waals surface area (Å²) in [4.78, 5) is 16.8. The molecule has 1 aliphatic heterocycles. The lowest BCUT2D eigenvalue weighted by molar-refractivity contribution is -0.137. The second kappa shape index (κ2) is 10.6. The summed E-state index contributed by atoms with van der Waals surface area (Å²) in [6.07, 6.45) is 13.7. The molecule has 2 atom stereocenters. The number of nitrogens with zero attached hydrogens (tertiary/aromatic N) is 1. The molecule has 0 amide bonds. The molecule has 0 aliphatic carbocycles. The second-order valence-electron chi connectivity index (χ2n) is 5.44. The van der Waals surface area contributed by atoms with Crippen molar-refractivity contribution >= 4 is 22.8 Å². The highest BCUT2D eigenvalue weighted by Gasteiger charge is 2.31. The van der Waals surface area contributed by atoms with Crippen molar-refractivity contribution in [2.45, 2.75) is 20.8 Å². The number of nitrogens with two attached hydrogens (primary N) is 1. The van der Waals surface area contributed by atoms with Gasteiger partial charge < -0.3 is 10.5 Å². The third-order valence-corrected chi connectivity index (χ3v) is 4.53. The lowest BCUT2D eigenvalue weighted by atomic mass is 9.93. The van der Waals surface area contributed by atoms with Gasteiger partial charge in [-0.3, -0.25) is 0 Å². The zero-order chi connectivity index (χ0) is 18.8. The van der Waals surface area contributed by atoms with Gasteiger partial charge in [-0.2, -0.15) is 0 Å². The summed E-state index contributed by atoms with van der Waals surface area (Å²) in [5, 5.41) is 0.755. The largest absolute Gasteiger partial charge is 0.462 e. The summed E-state index contributed by atoms with van der Waals surface area (Å²) in [6, 6.07) is 0. The highest BCUT2D eigenvalue weighted by atomic mass is 32.2. The first-order valence-corrected chi connectivity index (χ1v) is 8.97. The summed E-state index contributed by atoms with van der Waals surface area (Å²) in [5.74, 6) is -0.0385. The fourth-order valence-electron chi connectivity index (χ4n) is 2.16. The second-order valence-corrected chi connectivity index (χ2v) is 6.50. The van der Waals surface area contributed by atoms with Gasteiger partial charge in [0.25, 0.3) is 0 Å². The van der Waals surface area contributed by atoms with E-state index >= 15 is 0 Å². The average molecular weight is 359 g/mol. The van der Waals surface area contributed by atoms with Crippen molar-refractivity contribution in [1.29, 1.82) is 0 Å². The number of carbonyl (C=O) groups excluding carboxylic acids is 1. The fourth-order valence-corrected chi connectivity index (χ4v) is 3.32. The number of thioether (sulfide) groups is 1. The Morgan fingerprint density at radius 1 is 1.56 bits per heavy atom. The van der Waals surface area contributed by atoms with Gasteiger partial charge in [-0.15, -0.1) is 0 Å².